The van der Waals surface area contributed by atoms with Crippen LogP contribution >= 0.6 is 0 Å². The highest BCUT2D eigenvalue weighted by Crippen LogP contribution is 1.90. The van der Waals surface area contributed by atoms with Crippen LogP contribution in [-0.4, -0.2) is 25.2 Å². The molecule has 0 amide bonds. The maximum atomic E-state index is 10.6. The standard InChI is InChI=1S/C12H10I.C7H12O4/c1-3-7-11(8-4-1)13-12-9-5-2-6-10-12;1-3-10-6(8)5-7(9)11-4-2/h1-10H;3-5H2,1-2H3/q+1;. The van der Waals surface area contributed by atoms with Crippen LogP contribution in [0.25, 0.3) is 0 Å². The van der Waals surface area contributed by atoms with Crippen molar-refractivity contribution >= 4 is 11.9 Å². The van der Waals surface area contributed by atoms with Crippen molar-refractivity contribution in [3.63, 3.8) is 0 Å². The summed E-state index contributed by atoms with van der Waals surface area (Å²) in [5.74, 6) is -1.07. The molecule has 0 fully saturated rings. The Morgan fingerprint density at radius 3 is 1.46 bits per heavy atom. The van der Waals surface area contributed by atoms with Crippen molar-refractivity contribution in [1.82, 2.24) is 0 Å². The normalized spacial score (nSPS) is 9.42. The van der Waals surface area contributed by atoms with Gasteiger partial charge in [0.2, 0.25) is 0 Å². The van der Waals surface area contributed by atoms with Crippen molar-refractivity contribution in [1.29, 1.82) is 0 Å². The summed E-state index contributed by atoms with van der Waals surface area (Å²) in [7, 11) is 0. The molecule has 0 heterocycles. The van der Waals surface area contributed by atoms with E-state index in [-0.39, 0.29) is 40.8 Å². The fraction of sp³-hybridized carbons (Fsp3) is 0.263. The number of rotatable bonds is 6. The zero-order valence-corrected chi connectivity index (χ0v) is 16.1. The number of esters is 2. The van der Waals surface area contributed by atoms with E-state index in [1.807, 2.05) is 0 Å². The van der Waals surface area contributed by atoms with Gasteiger partial charge in [-0.25, -0.2) is 0 Å². The van der Waals surface area contributed by atoms with Crippen LogP contribution in [0.5, 0.6) is 0 Å². The van der Waals surface area contributed by atoms with E-state index in [1.54, 1.807) is 13.8 Å². The quantitative estimate of drug-likeness (QED) is 0.368. The molecule has 2 aromatic carbocycles. The highest BCUT2D eigenvalue weighted by atomic mass is 127. The molecule has 0 aliphatic carbocycles. The fourth-order valence-corrected chi connectivity index (χ4v) is 3.89. The molecule has 0 bridgehead atoms. The second kappa shape index (κ2) is 12.5. The van der Waals surface area contributed by atoms with Gasteiger partial charge in [-0.3, -0.25) is 9.59 Å². The van der Waals surface area contributed by atoms with Crippen LogP contribution in [-0.2, 0) is 19.1 Å². The summed E-state index contributed by atoms with van der Waals surface area (Å²) in [6.07, 6.45) is -0.290. The van der Waals surface area contributed by atoms with Gasteiger partial charge in [0.15, 0.2) is 7.14 Å². The van der Waals surface area contributed by atoms with Crippen LogP contribution in [0.2, 0.25) is 0 Å². The maximum Gasteiger partial charge on any atom is 0.357 e. The third-order valence-electron chi connectivity index (χ3n) is 2.58. The van der Waals surface area contributed by atoms with Gasteiger partial charge in [0.1, 0.15) is 6.42 Å². The van der Waals surface area contributed by atoms with Gasteiger partial charge < -0.3 is 9.47 Å². The first kappa shape index (κ1) is 20.2. The van der Waals surface area contributed by atoms with Crippen molar-refractivity contribution in [2.75, 3.05) is 13.2 Å². The van der Waals surface area contributed by atoms with Crippen molar-refractivity contribution in [3.05, 3.63) is 67.8 Å². The van der Waals surface area contributed by atoms with Crippen molar-refractivity contribution in [2.45, 2.75) is 20.3 Å². The molecule has 0 radical (unpaired) electrons. The van der Waals surface area contributed by atoms with Crippen LogP contribution in [0.15, 0.2) is 60.7 Å². The van der Waals surface area contributed by atoms with E-state index in [0.29, 0.717) is 0 Å². The summed E-state index contributed by atoms with van der Waals surface area (Å²) >= 11 is 0.0287. The van der Waals surface area contributed by atoms with Crippen molar-refractivity contribution in [2.24, 2.45) is 0 Å². The SMILES string of the molecule is CCOC(=O)CC(=O)OCC.c1ccc([I+]c2ccccc2)cc1. The number of carbonyl (C=O) groups is 2. The number of hydrogen-bond acceptors (Lipinski definition) is 4. The van der Waals surface area contributed by atoms with Crippen LogP contribution in [0.3, 0.4) is 0 Å². The smallest absolute Gasteiger partial charge is 0.357 e. The van der Waals surface area contributed by atoms with Crippen molar-refractivity contribution < 1.29 is 40.3 Å². The molecule has 128 valence electrons. The molecule has 0 aliphatic heterocycles. The summed E-state index contributed by atoms with van der Waals surface area (Å²) in [4.78, 5) is 21.2. The van der Waals surface area contributed by atoms with Gasteiger partial charge in [-0.2, -0.15) is 0 Å². The van der Waals surface area contributed by atoms with Gasteiger partial charge in [-0.15, -0.1) is 0 Å². The third-order valence-corrected chi connectivity index (χ3v) is 5.27. The molecule has 4 nitrogen and oxygen atoms in total. The van der Waals surface area contributed by atoms with Gasteiger partial charge >= 0.3 is 33.1 Å². The lowest BCUT2D eigenvalue weighted by atomic mass is 10.4. The topological polar surface area (TPSA) is 52.6 Å². The van der Waals surface area contributed by atoms with E-state index in [0.717, 1.165) is 0 Å². The van der Waals surface area contributed by atoms with Crippen molar-refractivity contribution in [3.8, 4) is 0 Å². The molecule has 2 aromatic rings. The van der Waals surface area contributed by atoms with Gasteiger partial charge in [0, 0.05) is 0 Å². The molecular weight excluding hydrogens is 419 g/mol. The van der Waals surface area contributed by atoms with E-state index in [2.05, 4.69) is 70.1 Å². The molecule has 0 aliphatic rings. The van der Waals surface area contributed by atoms with E-state index < -0.39 is 11.9 Å². The lowest BCUT2D eigenvalue weighted by Gasteiger charge is -2.00. The first-order valence-electron chi connectivity index (χ1n) is 7.71. The van der Waals surface area contributed by atoms with Crippen LogP contribution in [0.4, 0.5) is 0 Å². The molecule has 5 heteroatoms. The molecule has 2 rings (SSSR count). The zero-order chi connectivity index (χ0) is 17.6. The average molecular weight is 441 g/mol. The summed E-state index contributed by atoms with van der Waals surface area (Å²) < 4.78 is 12.0. The highest BCUT2D eigenvalue weighted by molar-refractivity contribution is 5.91. The Bertz CT molecular complexity index is 546. The minimum atomic E-state index is -0.536. The van der Waals surface area contributed by atoms with E-state index >= 15 is 0 Å². The number of hydrogen-bond donors (Lipinski definition) is 0. The largest absolute Gasteiger partial charge is 0.466 e. The minimum absolute atomic E-state index is 0.0287. The highest BCUT2D eigenvalue weighted by Gasteiger charge is 2.12. The number of carbonyl (C=O) groups excluding carboxylic acids is 2. The summed E-state index contributed by atoms with van der Waals surface area (Å²) in [6.45, 7) is 3.95. The molecule has 0 spiro atoms. The predicted octanol–water partition coefficient (Wildman–Crippen LogP) is 0.318. The van der Waals surface area contributed by atoms with Crippen LogP contribution in [0, 0.1) is 7.14 Å². The molecule has 0 aromatic heterocycles. The van der Waals surface area contributed by atoms with Gasteiger partial charge in [0.25, 0.3) is 0 Å². The van der Waals surface area contributed by atoms with Crippen LogP contribution in [0.1, 0.15) is 20.3 Å². The minimum Gasteiger partial charge on any atom is -0.466 e. The monoisotopic (exact) mass is 441 g/mol. The zero-order valence-electron chi connectivity index (χ0n) is 13.9. The fourth-order valence-electron chi connectivity index (χ4n) is 1.62. The summed E-state index contributed by atoms with van der Waals surface area (Å²) in [5, 5.41) is 0. The maximum absolute atomic E-state index is 10.6. The first-order valence-corrected chi connectivity index (χ1v) is 9.87. The Hall–Kier alpha value is -1.89. The second-order valence-corrected chi connectivity index (χ2v) is 7.50. The Morgan fingerprint density at radius 2 is 1.12 bits per heavy atom. The molecular formula is C19H22IO4+. The Labute approximate surface area is 153 Å². The van der Waals surface area contributed by atoms with E-state index in [1.165, 1.54) is 7.14 Å². The Kier molecular flexibility index (Phi) is 10.5. The predicted molar refractivity (Wildman–Crippen MR) is 88.2 cm³/mol. The van der Waals surface area contributed by atoms with E-state index in [4.69, 9.17) is 0 Å². The molecule has 0 saturated heterocycles. The first-order chi connectivity index (χ1) is 11.7. The van der Waals surface area contributed by atoms with Gasteiger partial charge in [-0.05, 0) is 38.1 Å². The van der Waals surface area contributed by atoms with Crippen LogP contribution < -0.4 is 21.2 Å². The molecule has 0 atom stereocenters. The summed E-state index contributed by atoms with van der Waals surface area (Å²) in [5.41, 5.74) is 0. The molecule has 0 N–H and O–H groups in total. The Balaban J connectivity index is 0.000000245. The third kappa shape index (κ3) is 9.29. The van der Waals surface area contributed by atoms with Gasteiger partial charge in [-0.1, -0.05) is 36.4 Å². The molecule has 0 unspecified atom stereocenters. The lowest BCUT2D eigenvalue weighted by molar-refractivity contribution is -0.597. The Morgan fingerprint density at radius 1 is 0.750 bits per heavy atom. The average Bonchev–Trinajstić information content (AvgIpc) is 2.58. The molecule has 24 heavy (non-hydrogen) atoms. The number of ether oxygens (including phenoxy) is 2. The second-order valence-electron chi connectivity index (χ2n) is 4.47. The van der Waals surface area contributed by atoms with E-state index in [9.17, 15) is 9.59 Å². The van der Waals surface area contributed by atoms with Gasteiger partial charge in [0.05, 0.1) is 13.2 Å². The molecule has 0 saturated carbocycles. The summed E-state index contributed by atoms with van der Waals surface area (Å²) in [6, 6.07) is 21.4. The number of benzene rings is 2. The lowest BCUT2D eigenvalue weighted by Crippen LogP contribution is -3.61. The number of halogens is 1.